The van der Waals surface area contributed by atoms with Crippen LogP contribution in [0.25, 0.3) is 0 Å². The number of aryl methyl sites for hydroxylation is 1. The van der Waals surface area contributed by atoms with E-state index in [9.17, 15) is 4.39 Å². The number of nitrogens with one attached hydrogen (secondary N) is 1. The highest BCUT2D eigenvalue weighted by atomic mass is 79.9. The number of anilines is 2. The van der Waals surface area contributed by atoms with Gasteiger partial charge in [-0.1, -0.05) is 11.6 Å². The van der Waals surface area contributed by atoms with Gasteiger partial charge in [0, 0.05) is 10.7 Å². The molecule has 0 aliphatic heterocycles. The Labute approximate surface area is 123 Å². The molecule has 0 spiro atoms. The number of hydrogen-bond donors (Lipinski definition) is 1. The standard InChI is InChI=1S/C14H9BrClFN2/c1-8-4-12(17)11(15)6-13(8)19-14-5-10(16)3-2-9(14)7-18/h2-6,19H,1H3. The lowest BCUT2D eigenvalue weighted by atomic mass is 10.1. The van der Waals surface area contributed by atoms with Gasteiger partial charge in [0.15, 0.2) is 0 Å². The maximum Gasteiger partial charge on any atom is 0.137 e. The number of rotatable bonds is 2. The van der Waals surface area contributed by atoms with Crippen LogP contribution in [0.4, 0.5) is 15.8 Å². The lowest BCUT2D eigenvalue weighted by Crippen LogP contribution is -1.97. The Kier molecular flexibility index (Phi) is 4.08. The van der Waals surface area contributed by atoms with Gasteiger partial charge in [-0.05, 0) is 58.7 Å². The van der Waals surface area contributed by atoms with E-state index in [4.69, 9.17) is 16.9 Å². The zero-order chi connectivity index (χ0) is 14.0. The molecule has 0 radical (unpaired) electrons. The second kappa shape index (κ2) is 5.60. The summed E-state index contributed by atoms with van der Waals surface area (Å²) >= 11 is 9.06. The molecule has 0 bridgehead atoms. The molecule has 19 heavy (non-hydrogen) atoms. The van der Waals surface area contributed by atoms with Gasteiger partial charge < -0.3 is 5.32 Å². The van der Waals surface area contributed by atoms with E-state index in [1.165, 1.54) is 6.07 Å². The fourth-order valence-electron chi connectivity index (χ4n) is 1.64. The molecular weight excluding hydrogens is 331 g/mol. The quantitative estimate of drug-likeness (QED) is 0.819. The lowest BCUT2D eigenvalue weighted by molar-refractivity contribution is 0.620. The van der Waals surface area contributed by atoms with E-state index in [0.717, 1.165) is 5.56 Å². The largest absolute Gasteiger partial charge is 0.354 e. The smallest absolute Gasteiger partial charge is 0.137 e. The fraction of sp³-hybridized carbons (Fsp3) is 0.0714. The van der Waals surface area contributed by atoms with Crippen LogP contribution in [-0.2, 0) is 0 Å². The molecule has 0 fully saturated rings. The fourth-order valence-corrected chi connectivity index (χ4v) is 2.16. The highest BCUT2D eigenvalue weighted by Gasteiger charge is 2.08. The van der Waals surface area contributed by atoms with Crippen LogP contribution in [0.5, 0.6) is 0 Å². The van der Waals surface area contributed by atoms with Crippen LogP contribution in [0, 0.1) is 24.1 Å². The number of hydrogen-bond acceptors (Lipinski definition) is 2. The highest BCUT2D eigenvalue weighted by Crippen LogP contribution is 2.29. The summed E-state index contributed by atoms with van der Waals surface area (Å²) in [5.74, 6) is -0.324. The SMILES string of the molecule is Cc1cc(F)c(Br)cc1Nc1cc(Cl)ccc1C#N. The molecule has 2 aromatic rings. The molecule has 5 heteroatoms. The van der Waals surface area contributed by atoms with Crippen LogP contribution < -0.4 is 5.32 Å². The maximum atomic E-state index is 13.4. The topological polar surface area (TPSA) is 35.8 Å². The Hall–Kier alpha value is -1.57. The van der Waals surface area contributed by atoms with Gasteiger partial charge in [0.25, 0.3) is 0 Å². The van der Waals surface area contributed by atoms with Gasteiger partial charge in [-0.25, -0.2) is 4.39 Å². The molecule has 2 aromatic carbocycles. The van der Waals surface area contributed by atoms with E-state index in [1.807, 2.05) is 0 Å². The number of halogens is 3. The number of nitrogens with zero attached hydrogens (tertiary/aromatic N) is 1. The van der Waals surface area contributed by atoms with Crippen molar-refractivity contribution in [3.8, 4) is 6.07 Å². The van der Waals surface area contributed by atoms with Gasteiger partial charge in [-0.15, -0.1) is 0 Å². The minimum absolute atomic E-state index is 0.324. The molecule has 0 heterocycles. The van der Waals surface area contributed by atoms with Crippen LogP contribution in [0.1, 0.15) is 11.1 Å². The van der Waals surface area contributed by atoms with Crippen molar-refractivity contribution in [2.45, 2.75) is 6.92 Å². The predicted molar refractivity (Wildman–Crippen MR) is 78.3 cm³/mol. The van der Waals surface area contributed by atoms with E-state index >= 15 is 0 Å². The minimum atomic E-state index is -0.324. The van der Waals surface area contributed by atoms with Gasteiger partial charge in [0.05, 0.1) is 15.7 Å². The molecule has 1 N–H and O–H groups in total. The maximum absolute atomic E-state index is 13.4. The van der Waals surface area contributed by atoms with E-state index in [1.54, 1.807) is 31.2 Å². The lowest BCUT2D eigenvalue weighted by Gasteiger charge is -2.12. The van der Waals surface area contributed by atoms with E-state index in [0.29, 0.717) is 26.4 Å². The first-order chi connectivity index (χ1) is 9.01. The van der Waals surface area contributed by atoms with Crippen LogP contribution in [0.3, 0.4) is 0 Å². The zero-order valence-corrected chi connectivity index (χ0v) is 12.3. The monoisotopic (exact) mass is 338 g/mol. The number of benzene rings is 2. The second-order valence-electron chi connectivity index (χ2n) is 4.01. The minimum Gasteiger partial charge on any atom is -0.354 e. The van der Waals surface area contributed by atoms with Gasteiger partial charge >= 0.3 is 0 Å². The molecule has 2 nitrogen and oxygen atoms in total. The molecule has 0 saturated carbocycles. The van der Waals surface area contributed by atoms with Gasteiger partial charge in [-0.3, -0.25) is 0 Å². The molecule has 0 saturated heterocycles. The molecule has 0 unspecified atom stereocenters. The van der Waals surface area contributed by atoms with Crippen molar-refractivity contribution in [3.05, 3.63) is 56.8 Å². The summed E-state index contributed by atoms with van der Waals surface area (Å²) in [6.45, 7) is 1.79. The van der Waals surface area contributed by atoms with E-state index in [2.05, 4.69) is 27.3 Å². The summed E-state index contributed by atoms with van der Waals surface area (Å²) < 4.78 is 13.7. The molecule has 0 aliphatic carbocycles. The average Bonchev–Trinajstić information content (AvgIpc) is 2.36. The van der Waals surface area contributed by atoms with Crippen molar-refractivity contribution >= 4 is 38.9 Å². The van der Waals surface area contributed by atoms with Crippen molar-refractivity contribution in [3.63, 3.8) is 0 Å². The second-order valence-corrected chi connectivity index (χ2v) is 5.30. The summed E-state index contributed by atoms with van der Waals surface area (Å²) in [7, 11) is 0. The Morgan fingerprint density at radius 3 is 2.68 bits per heavy atom. The van der Waals surface area contributed by atoms with Crippen LogP contribution in [0.2, 0.25) is 5.02 Å². The highest BCUT2D eigenvalue weighted by molar-refractivity contribution is 9.10. The molecule has 0 aliphatic rings. The van der Waals surface area contributed by atoms with Gasteiger partial charge in [0.1, 0.15) is 11.9 Å². The van der Waals surface area contributed by atoms with Crippen molar-refractivity contribution < 1.29 is 4.39 Å². The molecule has 0 atom stereocenters. The third-order valence-corrected chi connectivity index (χ3v) is 3.48. The summed E-state index contributed by atoms with van der Waals surface area (Å²) in [5.41, 5.74) is 2.53. The van der Waals surface area contributed by atoms with E-state index < -0.39 is 0 Å². The molecule has 96 valence electrons. The molecular formula is C14H9BrClFN2. The first-order valence-electron chi connectivity index (χ1n) is 5.43. The third-order valence-electron chi connectivity index (χ3n) is 2.64. The molecule has 0 amide bonds. The molecule has 0 aromatic heterocycles. The summed E-state index contributed by atoms with van der Waals surface area (Å²) in [6, 6.07) is 10.1. The average molecular weight is 340 g/mol. The zero-order valence-electron chi connectivity index (χ0n) is 9.97. The molecule has 2 rings (SSSR count). The predicted octanol–water partition coefficient (Wildman–Crippen LogP) is 5.17. The van der Waals surface area contributed by atoms with Crippen molar-refractivity contribution in [2.75, 3.05) is 5.32 Å². The Bertz CT molecular complexity index is 680. The summed E-state index contributed by atoms with van der Waals surface area (Å²) in [6.07, 6.45) is 0. The van der Waals surface area contributed by atoms with Gasteiger partial charge in [0.2, 0.25) is 0 Å². The first kappa shape index (κ1) is 13.9. The van der Waals surface area contributed by atoms with Crippen molar-refractivity contribution in [1.82, 2.24) is 0 Å². The van der Waals surface area contributed by atoms with E-state index in [-0.39, 0.29) is 5.82 Å². The van der Waals surface area contributed by atoms with Crippen LogP contribution in [0.15, 0.2) is 34.8 Å². The Morgan fingerprint density at radius 1 is 1.26 bits per heavy atom. The van der Waals surface area contributed by atoms with Crippen molar-refractivity contribution in [1.29, 1.82) is 5.26 Å². The Morgan fingerprint density at radius 2 is 2.00 bits per heavy atom. The number of nitriles is 1. The summed E-state index contributed by atoms with van der Waals surface area (Å²) in [4.78, 5) is 0. The normalized spacial score (nSPS) is 10.1. The van der Waals surface area contributed by atoms with Gasteiger partial charge in [-0.2, -0.15) is 5.26 Å². The van der Waals surface area contributed by atoms with Crippen LogP contribution in [-0.4, -0.2) is 0 Å². The van der Waals surface area contributed by atoms with Crippen molar-refractivity contribution in [2.24, 2.45) is 0 Å². The Balaban J connectivity index is 2.45. The van der Waals surface area contributed by atoms with Crippen LogP contribution >= 0.6 is 27.5 Å². The third kappa shape index (κ3) is 3.06. The first-order valence-corrected chi connectivity index (χ1v) is 6.60. The summed E-state index contributed by atoms with van der Waals surface area (Å²) in [5, 5.41) is 12.7.